The van der Waals surface area contributed by atoms with Crippen molar-refractivity contribution < 1.29 is 0 Å². The summed E-state index contributed by atoms with van der Waals surface area (Å²) in [5.74, 6) is 0.617. The Bertz CT molecular complexity index is 565. The maximum absolute atomic E-state index is 8.84. The Hall–Kier alpha value is -2.27. The van der Waals surface area contributed by atoms with E-state index in [4.69, 9.17) is 5.26 Å². The summed E-state index contributed by atoms with van der Waals surface area (Å²) in [7, 11) is 0. The molecular formula is C18H20N2. The number of nitrogens with zero attached hydrogens (tertiary/aromatic N) is 1. The van der Waals surface area contributed by atoms with Crippen molar-refractivity contribution in [2.75, 3.05) is 5.32 Å². The first-order valence-corrected chi connectivity index (χ1v) is 7.00. The molecule has 2 rings (SSSR count). The lowest BCUT2D eigenvalue weighted by Gasteiger charge is -2.22. The van der Waals surface area contributed by atoms with Crippen molar-refractivity contribution in [2.45, 2.75) is 26.3 Å². The number of rotatable bonds is 5. The minimum atomic E-state index is 0.295. The number of nitrogens with one attached hydrogen (secondary N) is 1. The molecule has 0 aliphatic heterocycles. The van der Waals surface area contributed by atoms with Crippen LogP contribution in [0.5, 0.6) is 0 Å². The van der Waals surface area contributed by atoms with Crippen LogP contribution >= 0.6 is 0 Å². The Balaban J connectivity index is 2.17. The number of hydrogen-bond donors (Lipinski definition) is 1. The van der Waals surface area contributed by atoms with E-state index < -0.39 is 0 Å². The third-order valence-electron chi connectivity index (χ3n) is 3.26. The second-order valence-electron chi connectivity index (χ2n) is 5.43. The Morgan fingerprint density at radius 3 is 2.20 bits per heavy atom. The molecule has 0 fully saturated rings. The van der Waals surface area contributed by atoms with Crippen LogP contribution in [0, 0.1) is 17.2 Å². The van der Waals surface area contributed by atoms with Crippen LogP contribution in [0.4, 0.5) is 5.69 Å². The predicted molar refractivity (Wildman–Crippen MR) is 83.4 cm³/mol. The molecule has 2 aromatic rings. The first-order valence-electron chi connectivity index (χ1n) is 7.00. The molecule has 0 aliphatic carbocycles. The van der Waals surface area contributed by atoms with Gasteiger partial charge in [-0.2, -0.15) is 5.26 Å². The summed E-state index contributed by atoms with van der Waals surface area (Å²) in [5.41, 5.74) is 3.04. The van der Waals surface area contributed by atoms with Gasteiger partial charge in [-0.25, -0.2) is 0 Å². The molecule has 102 valence electrons. The topological polar surface area (TPSA) is 35.8 Å². The fraction of sp³-hybridized carbons (Fsp3) is 0.278. The minimum absolute atomic E-state index is 0.295. The van der Waals surface area contributed by atoms with Crippen LogP contribution in [-0.2, 0) is 0 Å². The van der Waals surface area contributed by atoms with E-state index in [1.54, 1.807) is 0 Å². The molecule has 0 amide bonds. The molecule has 0 heterocycles. The molecule has 0 aromatic heterocycles. The molecule has 0 bridgehead atoms. The zero-order valence-corrected chi connectivity index (χ0v) is 12.0. The van der Waals surface area contributed by atoms with Crippen LogP contribution < -0.4 is 5.32 Å². The van der Waals surface area contributed by atoms with Gasteiger partial charge < -0.3 is 5.32 Å². The summed E-state index contributed by atoms with van der Waals surface area (Å²) in [6.45, 7) is 4.47. The summed E-state index contributed by atoms with van der Waals surface area (Å²) < 4.78 is 0. The number of benzene rings is 2. The van der Waals surface area contributed by atoms with Gasteiger partial charge in [-0.15, -0.1) is 0 Å². The first kappa shape index (κ1) is 14.1. The molecule has 0 aliphatic rings. The van der Waals surface area contributed by atoms with Crippen LogP contribution in [0.2, 0.25) is 0 Å². The summed E-state index contributed by atoms with van der Waals surface area (Å²) >= 11 is 0. The SMILES string of the molecule is CC(C)CC(Nc1ccc(C#N)cc1)c1ccccc1. The van der Waals surface area contributed by atoms with Gasteiger partial charge in [0.1, 0.15) is 0 Å². The first-order chi connectivity index (χ1) is 9.69. The second kappa shape index (κ2) is 6.77. The number of anilines is 1. The monoisotopic (exact) mass is 264 g/mol. The van der Waals surface area contributed by atoms with E-state index in [0.29, 0.717) is 17.5 Å². The maximum Gasteiger partial charge on any atom is 0.0991 e. The lowest BCUT2D eigenvalue weighted by atomic mass is 9.96. The van der Waals surface area contributed by atoms with Gasteiger partial charge in [-0.1, -0.05) is 44.2 Å². The quantitative estimate of drug-likeness (QED) is 0.845. The van der Waals surface area contributed by atoms with Crippen molar-refractivity contribution in [1.29, 1.82) is 5.26 Å². The third kappa shape index (κ3) is 3.86. The molecule has 1 N–H and O–H groups in total. The molecule has 0 spiro atoms. The van der Waals surface area contributed by atoms with Crippen molar-refractivity contribution in [2.24, 2.45) is 5.92 Å². The van der Waals surface area contributed by atoms with Crippen molar-refractivity contribution in [1.82, 2.24) is 0 Å². The molecule has 0 radical (unpaired) electrons. The molecule has 2 heteroatoms. The second-order valence-corrected chi connectivity index (χ2v) is 5.43. The Morgan fingerprint density at radius 2 is 1.65 bits per heavy atom. The fourth-order valence-corrected chi connectivity index (χ4v) is 2.28. The van der Waals surface area contributed by atoms with Crippen molar-refractivity contribution in [3.05, 3.63) is 65.7 Å². The lowest BCUT2D eigenvalue weighted by molar-refractivity contribution is 0.531. The molecule has 1 atom stereocenters. The average molecular weight is 264 g/mol. The van der Waals surface area contributed by atoms with Gasteiger partial charge in [0, 0.05) is 5.69 Å². The van der Waals surface area contributed by atoms with Gasteiger partial charge in [0.15, 0.2) is 0 Å². The normalized spacial score (nSPS) is 11.9. The highest BCUT2D eigenvalue weighted by Gasteiger charge is 2.12. The van der Waals surface area contributed by atoms with Crippen LogP contribution in [-0.4, -0.2) is 0 Å². The zero-order valence-electron chi connectivity index (χ0n) is 12.0. The van der Waals surface area contributed by atoms with E-state index in [1.807, 2.05) is 30.3 Å². The lowest BCUT2D eigenvalue weighted by Crippen LogP contribution is -2.13. The van der Waals surface area contributed by atoms with Crippen molar-refractivity contribution in [3.63, 3.8) is 0 Å². The standard InChI is InChI=1S/C18H20N2/c1-14(2)12-18(16-6-4-3-5-7-16)20-17-10-8-15(13-19)9-11-17/h3-11,14,18,20H,12H2,1-2H3. The molecule has 0 saturated heterocycles. The van der Waals surface area contributed by atoms with Crippen molar-refractivity contribution in [3.8, 4) is 6.07 Å². The highest BCUT2D eigenvalue weighted by atomic mass is 14.9. The Morgan fingerprint density at radius 1 is 1.00 bits per heavy atom. The summed E-state index contributed by atoms with van der Waals surface area (Å²) in [6.07, 6.45) is 1.07. The van der Waals surface area contributed by atoms with E-state index in [1.165, 1.54) is 5.56 Å². The zero-order chi connectivity index (χ0) is 14.4. The Kier molecular flexibility index (Phi) is 4.79. The molecule has 2 nitrogen and oxygen atoms in total. The predicted octanol–water partition coefficient (Wildman–Crippen LogP) is 4.76. The summed E-state index contributed by atoms with van der Waals surface area (Å²) in [4.78, 5) is 0. The highest BCUT2D eigenvalue weighted by Crippen LogP contribution is 2.26. The molecular weight excluding hydrogens is 244 g/mol. The van der Waals surface area contributed by atoms with Crippen LogP contribution in [0.25, 0.3) is 0 Å². The highest BCUT2D eigenvalue weighted by molar-refractivity contribution is 5.49. The molecule has 20 heavy (non-hydrogen) atoms. The average Bonchev–Trinajstić information content (AvgIpc) is 2.48. The summed E-state index contributed by atoms with van der Waals surface area (Å²) in [5, 5.41) is 12.4. The third-order valence-corrected chi connectivity index (χ3v) is 3.26. The van der Waals surface area contributed by atoms with Gasteiger partial charge in [0.25, 0.3) is 0 Å². The molecule has 0 saturated carbocycles. The van der Waals surface area contributed by atoms with Crippen LogP contribution in [0.15, 0.2) is 54.6 Å². The van der Waals surface area contributed by atoms with Crippen molar-refractivity contribution >= 4 is 5.69 Å². The molecule has 2 aromatic carbocycles. The summed E-state index contributed by atoms with van der Waals surface area (Å²) in [6, 6.07) is 20.6. The van der Waals surface area contributed by atoms with Gasteiger partial charge >= 0.3 is 0 Å². The van der Waals surface area contributed by atoms with Gasteiger partial charge in [-0.05, 0) is 42.2 Å². The van der Waals surface area contributed by atoms with E-state index in [2.05, 4.69) is 49.5 Å². The minimum Gasteiger partial charge on any atom is -0.378 e. The van der Waals surface area contributed by atoms with Gasteiger partial charge in [-0.3, -0.25) is 0 Å². The van der Waals surface area contributed by atoms with E-state index in [-0.39, 0.29) is 0 Å². The van der Waals surface area contributed by atoms with Gasteiger partial charge in [0.2, 0.25) is 0 Å². The Labute approximate surface area is 121 Å². The molecule has 1 unspecified atom stereocenters. The fourth-order valence-electron chi connectivity index (χ4n) is 2.28. The maximum atomic E-state index is 8.84. The van der Waals surface area contributed by atoms with E-state index >= 15 is 0 Å². The van der Waals surface area contributed by atoms with Gasteiger partial charge in [0.05, 0.1) is 17.7 Å². The number of hydrogen-bond acceptors (Lipinski definition) is 2. The van der Waals surface area contributed by atoms with Crippen LogP contribution in [0.3, 0.4) is 0 Å². The van der Waals surface area contributed by atoms with Crippen LogP contribution in [0.1, 0.15) is 37.4 Å². The van der Waals surface area contributed by atoms with E-state index in [9.17, 15) is 0 Å². The van der Waals surface area contributed by atoms with E-state index in [0.717, 1.165) is 12.1 Å². The largest absolute Gasteiger partial charge is 0.378 e. The number of nitriles is 1. The smallest absolute Gasteiger partial charge is 0.0991 e.